The van der Waals surface area contributed by atoms with Crippen molar-refractivity contribution in [1.29, 1.82) is 0 Å². The molecule has 0 unspecified atom stereocenters. The molecule has 0 bridgehead atoms. The highest BCUT2D eigenvalue weighted by molar-refractivity contribution is 7.90. The van der Waals surface area contributed by atoms with Crippen molar-refractivity contribution in [1.82, 2.24) is 15.0 Å². The van der Waals surface area contributed by atoms with Crippen molar-refractivity contribution in [3.63, 3.8) is 0 Å². The summed E-state index contributed by atoms with van der Waals surface area (Å²) in [6.07, 6.45) is 1.05. The fourth-order valence-electron chi connectivity index (χ4n) is 2.75. The van der Waals surface area contributed by atoms with Crippen LogP contribution < -0.4 is 14.8 Å². The van der Waals surface area contributed by atoms with Gasteiger partial charge in [0.05, 0.1) is 24.1 Å². The Hall–Kier alpha value is -4.25. The number of benzene rings is 2. The molecule has 2 amide bonds. The molecule has 0 atom stereocenters. The Kier molecular flexibility index (Phi) is 7.93. The lowest BCUT2D eigenvalue weighted by molar-refractivity contribution is 0.0593. The van der Waals surface area contributed by atoms with Gasteiger partial charge < -0.3 is 14.8 Å². The summed E-state index contributed by atoms with van der Waals surface area (Å²) in [4.78, 5) is 39.7. The van der Waals surface area contributed by atoms with Crippen LogP contribution >= 0.6 is 0 Å². The van der Waals surface area contributed by atoms with E-state index in [-0.39, 0.29) is 34.9 Å². The molecule has 3 aromatic rings. The van der Waals surface area contributed by atoms with Crippen molar-refractivity contribution in [3.05, 3.63) is 89.7 Å². The third kappa shape index (κ3) is 6.39. The summed E-state index contributed by atoms with van der Waals surface area (Å²) < 4.78 is 37.2. The van der Waals surface area contributed by atoms with Gasteiger partial charge in [0.25, 0.3) is 21.8 Å². The van der Waals surface area contributed by atoms with E-state index in [9.17, 15) is 22.8 Å². The average Bonchev–Trinajstić information content (AvgIpc) is 2.86. The fourth-order valence-corrected chi connectivity index (χ4v) is 3.77. The number of para-hydroxylation sites is 1. The predicted octanol–water partition coefficient (Wildman–Crippen LogP) is 1.80. The number of hydrogen-bond acceptors (Lipinski definition) is 8. The maximum atomic E-state index is 12.7. The summed E-state index contributed by atoms with van der Waals surface area (Å²) in [6, 6.07) is 16.8. The van der Waals surface area contributed by atoms with Crippen molar-refractivity contribution < 1.29 is 32.3 Å². The van der Waals surface area contributed by atoms with Crippen molar-refractivity contribution >= 4 is 27.8 Å². The van der Waals surface area contributed by atoms with Gasteiger partial charge in [0, 0.05) is 11.8 Å². The summed E-state index contributed by atoms with van der Waals surface area (Å²) in [5, 5.41) is 2.64. The maximum Gasteiger partial charge on any atom is 0.356 e. The van der Waals surface area contributed by atoms with Crippen LogP contribution in [-0.4, -0.2) is 51.4 Å². The number of methoxy groups -OCH3 is 1. The normalized spacial score (nSPS) is 10.7. The quantitative estimate of drug-likeness (QED) is 0.347. The van der Waals surface area contributed by atoms with Gasteiger partial charge in [0.2, 0.25) is 0 Å². The van der Waals surface area contributed by atoms with E-state index in [0.29, 0.717) is 5.75 Å². The van der Waals surface area contributed by atoms with Gasteiger partial charge in [-0.2, -0.15) is 0 Å². The Morgan fingerprint density at radius 2 is 1.68 bits per heavy atom. The molecule has 1 aromatic heterocycles. The first-order valence-corrected chi connectivity index (χ1v) is 11.5. The number of ether oxygens (including phenoxy) is 2. The lowest BCUT2D eigenvalue weighted by atomic mass is 10.2. The van der Waals surface area contributed by atoms with Crippen LogP contribution in [0.2, 0.25) is 0 Å². The van der Waals surface area contributed by atoms with Crippen molar-refractivity contribution in [2.75, 3.05) is 20.3 Å². The molecule has 176 valence electrons. The highest BCUT2D eigenvalue weighted by Crippen LogP contribution is 2.13. The van der Waals surface area contributed by atoms with E-state index in [4.69, 9.17) is 4.74 Å². The number of nitrogens with one attached hydrogen (secondary N) is 2. The fraction of sp³-hybridized carbons (Fsp3) is 0.130. The summed E-state index contributed by atoms with van der Waals surface area (Å²) in [5.74, 6) is -1.48. The molecule has 11 heteroatoms. The molecule has 0 spiro atoms. The number of nitrogens with zero attached hydrogens (tertiary/aromatic N) is 1. The number of sulfonamides is 1. The largest absolute Gasteiger partial charge is 0.492 e. The SMILES string of the molecule is COC(=O)c1ccc(C(=O)NS(=O)(=O)c2cccc(C(=O)NCCOc3ccccc3)c2)cn1. The molecule has 0 aliphatic rings. The van der Waals surface area contributed by atoms with E-state index >= 15 is 0 Å². The molecule has 0 saturated heterocycles. The molecule has 1 heterocycles. The second-order valence-corrected chi connectivity index (χ2v) is 8.49. The van der Waals surface area contributed by atoms with Crippen molar-refractivity contribution in [3.8, 4) is 5.75 Å². The summed E-state index contributed by atoms with van der Waals surface area (Å²) >= 11 is 0. The van der Waals surface area contributed by atoms with Crippen LogP contribution in [0.15, 0.2) is 77.8 Å². The summed E-state index contributed by atoms with van der Waals surface area (Å²) in [5.41, 5.74) is -0.0162. The average molecular weight is 484 g/mol. The molecular weight excluding hydrogens is 462 g/mol. The lowest BCUT2D eigenvalue weighted by Crippen LogP contribution is -2.31. The summed E-state index contributed by atoms with van der Waals surface area (Å²) in [6.45, 7) is 0.433. The van der Waals surface area contributed by atoms with Gasteiger partial charge in [0.1, 0.15) is 18.1 Å². The third-order valence-corrected chi connectivity index (χ3v) is 5.78. The van der Waals surface area contributed by atoms with E-state index in [1.54, 1.807) is 12.1 Å². The number of aromatic nitrogens is 1. The van der Waals surface area contributed by atoms with E-state index in [1.165, 1.54) is 37.4 Å². The molecule has 2 N–H and O–H groups in total. The molecule has 0 fully saturated rings. The standard InChI is InChI=1S/C23H21N3O7S/c1-32-23(29)20-11-10-17(15-25-20)22(28)26-34(30,31)19-9-5-6-16(14-19)21(27)24-12-13-33-18-7-3-2-4-8-18/h2-11,14-15H,12-13H2,1H3,(H,24,27)(H,26,28). The Bertz CT molecular complexity index is 1280. The van der Waals surface area contributed by atoms with Crippen molar-refractivity contribution in [2.45, 2.75) is 4.90 Å². The molecule has 10 nitrogen and oxygen atoms in total. The molecule has 3 rings (SSSR count). The monoisotopic (exact) mass is 483 g/mol. The minimum Gasteiger partial charge on any atom is -0.492 e. The lowest BCUT2D eigenvalue weighted by Gasteiger charge is -2.10. The van der Waals surface area contributed by atoms with E-state index in [1.807, 2.05) is 22.9 Å². The maximum absolute atomic E-state index is 12.7. The molecular formula is C23H21N3O7S. The third-order valence-electron chi connectivity index (χ3n) is 4.45. The van der Waals surface area contributed by atoms with Gasteiger partial charge >= 0.3 is 5.97 Å². The highest BCUT2D eigenvalue weighted by atomic mass is 32.2. The number of rotatable bonds is 9. The first-order chi connectivity index (χ1) is 16.3. The van der Waals surface area contributed by atoms with Crippen LogP contribution in [0.3, 0.4) is 0 Å². The van der Waals surface area contributed by atoms with Crippen LogP contribution in [0.4, 0.5) is 0 Å². The number of hydrogen-bond donors (Lipinski definition) is 2. The van der Waals surface area contributed by atoms with Crippen LogP contribution in [-0.2, 0) is 14.8 Å². The van der Waals surface area contributed by atoms with Gasteiger partial charge in [0.15, 0.2) is 0 Å². The minimum atomic E-state index is -4.28. The molecule has 0 aliphatic heterocycles. The van der Waals surface area contributed by atoms with Crippen LogP contribution in [0.5, 0.6) is 5.75 Å². The molecule has 0 aliphatic carbocycles. The number of carbonyl (C=O) groups is 3. The molecule has 2 aromatic carbocycles. The van der Waals surface area contributed by atoms with Gasteiger partial charge in [-0.15, -0.1) is 0 Å². The van der Waals surface area contributed by atoms with Crippen LogP contribution in [0.25, 0.3) is 0 Å². The topological polar surface area (TPSA) is 141 Å². The second kappa shape index (κ2) is 11.1. The van der Waals surface area contributed by atoms with Gasteiger partial charge in [-0.05, 0) is 42.5 Å². The van der Waals surface area contributed by atoms with Gasteiger partial charge in [-0.25, -0.2) is 22.9 Å². The zero-order chi connectivity index (χ0) is 24.6. The Labute approximate surface area is 196 Å². The summed E-state index contributed by atoms with van der Waals surface area (Å²) in [7, 11) is -3.10. The van der Waals surface area contributed by atoms with E-state index < -0.39 is 27.8 Å². The Morgan fingerprint density at radius 3 is 2.35 bits per heavy atom. The minimum absolute atomic E-state index is 0.0326. The van der Waals surface area contributed by atoms with Crippen LogP contribution in [0, 0.1) is 0 Å². The molecule has 0 saturated carbocycles. The zero-order valence-electron chi connectivity index (χ0n) is 18.1. The Balaban J connectivity index is 1.61. The number of esters is 1. The highest BCUT2D eigenvalue weighted by Gasteiger charge is 2.21. The van der Waals surface area contributed by atoms with E-state index in [2.05, 4.69) is 15.0 Å². The van der Waals surface area contributed by atoms with E-state index in [0.717, 1.165) is 12.3 Å². The smallest absolute Gasteiger partial charge is 0.356 e. The van der Waals surface area contributed by atoms with Crippen LogP contribution in [0.1, 0.15) is 31.2 Å². The van der Waals surface area contributed by atoms with Gasteiger partial charge in [-0.3, -0.25) is 9.59 Å². The second-order valence-electron chi connectivity index (χ2n) is 6.80. The number of pyridine rings is 1. The molecule has 0 radical (unpaired) electrons. The number of amides is 2. The molecule has 34 heavy (non-hydrogen) atoms. The zero-order valence-corrected chi connectivity index (χ0v) is 18.9. The van der Waals surface area contributed by atoms with Gasteiger partial charge in [-0.1, -0.05) is 24.3 Å². The number of carbonyl (C=O) groups excluding carboxylic acids is 3. The predicted molar refractivity (Wildman–Crippen MR) is 121 cm³/mol. The first kappa shape index (κ1) is 24.4. The first-order valence-electron chi connectivity index (χ1n) is 9.98. The van der Waals surface area contributed by atoms with Crippen molar-refractivity contribution in [2.24, 2.45) is 0 Å². The Morgan fingerprint density at radius 1 is 0.912 bits per heavy atom.